The van der Waals surface area contributed by atoms with E-state index in [4.69, 9.17) is 4.74 Å². The van der Waals surface area contributed by atoms with Crippen molar-refractivity contribution in [3.8, 4) is 23.1 Å². The highest BCUT2D eigenvalue weighted by atomic mass is 19.1. The number of nitriles is 1. The number of nitrogens with one attached hydrogen (secondary N) is 2. The third-order valence-electron chi connectivity index (χ3n) is 4.94. The topological polar surface area (TPSA) is 146 Å². The molecule has 0 aliphatic rings. The van der Waals surface area contributed by atoms with Crippen molar-refractivity contribution in [2.75, 3.05) is 5.43 Å². The van der Waals surface area contributed by atoms with Gasteiger partial charge in [-0.1, -0.05) is 42.5 Å². The van der Waals surface area contributed by atoms with Crippen LogP contribution in [0.2, 0.25) is 0 Å². The van der Waals surface area contributed by atoms with E-state index >= 15 is 0 Å². The number of hydrazone groups is 1. The summed E-state index contributed by atoms with van der Waals surface area (Å²) in [7, 11) is 0. The van der Waals surface area contributed by atoms with Crippen molar-refractivity contribution in [1.29, 1.82) is 5.26 Å². The number of anilines is 1. The van der Waals surface area contributed by atoms with Gasteiger partial charge in [-0.15, -0.1) is 0 Å². The van der Waals surface area contributed by atoms with Crippen molar-refractivity contribution in [3.05, 3.63) is 116 Å². The van der Waals surface area contributed by atoms with Crippen LogP contribution < -0.4 is 15.7 Å². The predicted octanol–water partition coefficient (Wildman–Crippen LogP) is 4.38. The second-order valence-electron chi connectivity index (χ2n) is 7.38. The van der Waals surface area contributed by atoms with Crippen molar-refractivity contribution in [2.45, 2.75) is 6.61 Å². The average molecular weight is 484 g/mol. The number of non-ortho nitro benzene ring substituents is 1. The van der Waals surface area contributed by atoms with E-state index in [1.807, 2.05) is 6.07 Å². The van der Waals surface area contributed by atoms with E-state index in [1.165, 1.54) is 36.5 Å². The van der Waals surface area contributed by atoms with Gasteiger partial charge in [0.05, 0.1) is 16.8 Å². The predicted molar refractivity (Wildman–Crippen MR) is 130 cm³/mol. The third-order valence-corrected chi connectivity index (χ3v) is 4.94. The van der Waals surface area contributed by atoms with Crippen LogP contribution in [0.1, 0.15) is 16.7 Å². The molecule has 0 fully saturated rings. The van der Waals surface area contributed by atoms with Gasteiger partial charge in [0, 0.05) is 23.3 Å². The first kappa shape index (κ1) is 23.8. The number of nitrogens with zero attached hydrogens (tertiary/aromatic N) is 4. The molecule has 36 heavy (non-hydrogen) atoms. The summed E-state index contributed by atoms with van der Waals surface area (Å²) in [5.74, 6) is -0.187. The Balaban J connectivity index is 1.60. The minimum atomic E-state index is -0.654. The molecule has 0 unspecified atom stereocenters. The molecule has 1 aromatic heterocycles. The molecule has 2 N–H and O–H groups in total. The molecular formula is C25H17FN6O4. The highest BCUT2D eigenvalue weighted by molar-refractivity contribution is 5.85. The van der Waals surface area contributed by atoms with Gasteiger partial charge in [-0.3, -0.25) is 19.9 Å². The first-order valence-corrected chi connectivity index (χ1v) is 10.5. The van der Waals surface area contributed by atoms with Gasteiger partial charge in [-0.25, -0.2) is 14.8 Å². The summed E-state index contributed by atoms with van der Waals surface area (Å²) in [4.78, 5) is 29.8. The molecule has 0 bridgehead atoms. The van der Waals surface area contributed by atoms with E-state index in [1.54, 1.807) is 42.5 Å². The number of hydrogen-bond acceptors (Lipinski definition) is 8. The zero-order valence-corrected chi connectivity index (χ0v) is 18.5. The van der Waals surface area contributed by atoms with Gasteiger partial charge in [-0.2, -0.15) is 10.4 Å². The Labute approximate surface area is 203 Å². The fraction of sp³-hybridized carbons (Fsp3) is 0.0400. The molecule has 3 aromatic carbocycles. The molecule has 11 heteroatoms. The quantitative estimate of drug-likeness (QED) is 0.214. The maximum absolute atomic E-state index is 13.4. The summed E-state index contributed by atoms with van der Waals surface area (Å²) >= 11 is 0. The van der Waals surface area contributed by atoms with Crippen molar-refractivity contribution in [3.63, 3.8) is 0 Å². The number of H-pyrrole nitrogens is 1. The smallest absolute Gasteiger partial charge is 0.270 e. The van der Waals surface area contributed by atoms with Gasteiger partial charge in [0.1, 0.15) is 29.8 Å². The van der Waals surface area contributed by atoms with Crippen LogP contribution in [0.3, 0.4) is 0 Å². The number of nitro groups is 1. The largest absolute Gasteiger partial charge is 0.488 e. The lowest BCUT2D eigenvalue weighted by Gasteiger charge is -2.09. The standard InChI is InChI=1S/C25H17FN6O4/c26-19-8-4-5-16(11-19)15-36-22-10-9-20(32(34)35)12-18(22)14-28-31-25-29-23(17-6-2-1-3-7-17)21(13-27)24(33)30-25/h1-12,14H,15H2,(H2,29,30,31,33). The number of rotatable bonds is 8. The third kappa shape index (κ3) is 5.57. The minimum Gasteiger partial charge on any atom is -0.488 e. The van der Waals surface area contributed by atoms with Gasteiger partial charge in [-0.05, 0) is 23.8 Å². The van der Waals surface area contributed by atoms with Gasteiger partial charge < -0.3 is 4.74 Å². The van der Waals surface area contributed by atoms with Gasteiger partial charge in [0.25, 0.3) is 11.2 Å². The molecule has 1 heterocycles. The highest BCUT2D eigenvalue weighted by Gasteiger charge is 2.14. The van der Waals surface area contributed by atoms with E-state index < -0.39 is 16.3 Å². The minimum absolute atomic E-state index is 0.0226. The maximum atomic E-state index is 13.4. The zero-order valence-electron chi connectivity index (χ0n) is 18.5. The van der Waals surface area contributed by atoms with Crippen LogP contribution in [0.15, 0.2) is 82.7 Å². The lowest BCUT2D eigenvalue weighted by molar-refractivity contribution is -0.384. The van der Waals surface area contributed by atoms with Crippen LogP contribution in [-0.2, 0) is 6.61 Å². The lowest BCUT2D eigenvalue weighted by atomic mass is 10.1. The Morgan fingerprint density at radius 2 is 1.97 bits per heavy atom. The van der Waals surface area contributed by atoms with Crippen LogP contribution >= 0.6 is 0 Å². The molecule has 0 spiro atoms. The number of aromatic amines is 1. The van der Waals surface area contributed by atoms with Crippen LogP contribution in [0.25, 0.3) is 11.3 Å². The van der Waals surface area contributed by atoms with Gasteiger partial charge in [0.15, 0.2) is 0 Å². The zero-order chi connectivity index (χ0) is 25.5. The second-order valence-corrected chi connectivity index (χ2v) is 7.38. The Kier molecular flexibility index (Phi) is 7.07. The summed E-state index contributed by atoms with van der Waals surface area (Å²) in [6.07, 6.45) is 1.26. The number of hydrogen-bond donors (Lipinski definition) is 2. The molecule has 0 radical (unpaired) electrons. The molecule has 0 saturated heterocycles. The Hall–Kier alpha value is -5.37. The summed E-state index contributed by atoms with van der Waals surface area (Å²) in [5, 5.41) is 24.6. The Morgan fingerprint density at radius 3 is 2.69 bits per heavy atom. The average Bonchev–Trinajstić information content (AvgIpc) is 2.88. The molecule has 0 aliphatic heterocycles. The molecule has 4 aromatic rings. The maximum Gasteiger partial charge on any atom is 0.270 e. The molecule has 4 rings (SSSR count). The number of benzene rings is 3. The number of ether oxygens (including phenoxy) is 1. The SMILES string of the molecule is N#Cc1c(-c2ccccc2)nc(NN=Cc2cc([N+](=O)[O-])ccc2OCc2cccc(F)c2)[nH]c1=O. The Bertz CT molecular complexity index is 1550. The van der Waals surface area contributed by atoms with E-state index in [-0.39, 0.29) is 40.8 Å². The summed E-state index contributed by atoms with van der Waals surface area (Å²) in [6, 6.07) is 20.4. The summed E-state index contributed by atoms with van der Waals surface area (Å²) in [5.41, 5.74) is 3.15. The van der Waals surface area contributed by atoms with Crippen molar-refractivity contribution in [1.82, 2.24) is 9.97 Å². The fourth-order valence-corrected chi connectivity index (χ4v) is 3.27. The highest BCUT2D eigenvalue weighted by Crippen LogP contribution is 2.24. The van der Waals surface area contributed by atoms with E-state index in [9.17, 15) is 24.6 Å². The summed E-state index contributed by atoms with van der Waals surface area (Å²) in [6.45, 7) is 0.0226. The van der Waals surface area contributed by atoms with Crippen molar-refractivity contribution in [2.24, 2.45) is 5.10 Å². The molecule has 0 saturated carbocycles. The first-order chi connectivity index (χ1) is 17.4. The molecule has 0 atom stereocenters. The van der Waals surface area contributed by atoms with Gasteiger partial charge in [0.2, 0.25) is 5.95 Å². The number of aromatic nitrogens is 2. The molecule has 0 aliphatic carbocycles. The van der Waals surface area contributed by atoms with E-state index in [2.05, 4.69) is 20.5 Å². The molecular weight excluding hydrogens is 467 g/mol. The van der Waals surface area contributed by atoms with Crippen LogP contribution in [0.5, 0.6) is 5.75 Å². The van der Waals surface area contributed by atoms with Crippen LogP contribution in [0.4, 0.5) is 16.0 Å². The first-order valence-electron chi connectivity index (χ1n) is 10.5. The van der Waals surface area contributed by atoms with Crippen molar-refractivity contribution < 1.29 is 14.1 Å². The molecule has 0 amide bonds. The molecule has 178 valence electrons. The fourth-order valence-electron chi connectivity index (χ4n) is 3.27. The number of halogens is 1. The van der Waals surface area contributed by atoms with Crippen LogP contribution in [0, 0.1) is 27.3 Å². The van der Waals surface area contributed by atoms with E-state index in [0.717, 1.165) is 0 Å². The molecule has 10 nitrogen and oxygen atoms in total. The summed E-state index contributed by atoms with van der Waals surface area (Å²) < 4.78 is 19.2. The van der Waals surface area contributed by atoms with Crippen LogP contribution in [-0.4, -0.2) is 21.1 Å². The van der Waals surface area contributed by atoms with E-state index in [0.29, 0.717) is 11.1 Å². The normalized spacial score (nSPS) is 10.7. The Morgan fingerprint density at radius 1 is 1.17 bits per heavy atom. The lowest BCUT2D eigenvalue weighted by Crippen LogP contribution is -2.16. The monoisotopic (exact) mass is 484 g/mol. The second kappa shape index (κ2) is 10.7. The van der Waals surface area contributed by atoms with Gasteiger partial charge >= 0.3 is 0 Å². The van der Waals surface area contributed by atoms with Crippen molar-refractivity contribution >= 4 is 17.9 Å². The number of nitro benzene ring substituents is 1.